The highest BCUT2D eigenvalue weighted by atomic mass is 35.5. The molecular formula is C14H17ClO3. The summed E-state index contributed by atoms with van der Waals surface area (Å²) in [5.74, 6) is -0.152. The van der Waals surface area contributed by atoms with Gasteiger partial charge in [-0.2, -0.15) is 0 Å². The quantitative estimate of drug-likeness (QED) is 0.913. The molecule has 1 fully saturated rings. The van der Waals surface area contributed by atoms with E-state index < -0.39 is 11.4 Å². The van der Waals surface area contributed by atoms with E-state index >= 15 is 0 Å². The Morgan fingerprint density at radius 2 is 2.06 bits per heavy atom. The molecule has 0 amide bonds. The maximum absolute atomic E-state index is 11.6. The average molecular weight is 269 g/mol. The van der Waals surface area contributed by atoms with E-state index in [1.807, 2.05) is 19.9 Å². The van der Waals surface area contributed by atoms with Crippen LogP contribution in [0.4, 0.5) is 0 Å². The Bertz CT molecular complexity index is 504. The molecule has 1 aromatic carbocycles. The number of methoxy groups -OCH3 is 1. The molecule has 2 rings (SSSR count). The normalized spacial score (nSPS) is 17.1. The predicted molar refractivity (Wildman–Crippen MR) is 70.6 cm³/mol. The van der Waals surface area contributed by atoms with Gasteiger partial charge in [0.1, 0.15) is 5.75 Å². The van der Waals surface area contributed by atoms with Gasteiger partial charge in [0, 0.05) is 11.1 Å². The van der Waals surface area contributed by atoms with E-state index in [4.69, 9.17) is 16.3 Å². The zero-order valence-corrected chi connectivity index (χ0v) is 11.6. The van der Waals surface area contributed by atoms with Crippen molar-refractivity contribution in [1.82, 2.24) is 0 Å². The third-order valence-corrected chi connectivity index (χ3v) is 4.54. The first-order chi connectivity index (χ1) is 8.44. The van der Waals surface area contributed by atoms with E-state index in [1.165, 1.54) is 0 Å². The molecule has 1 aromatic rings. The van der Waals surface area contributed by atoms with Gasteiger partial charge in [0.15, 0.2) is 0 Å². The number of rotatable bonds is 3. The van der Waals surface area contributed by atoms with Crippen LogP contribution in [-0.4, -0.2) is 18.2 Å². The maximum atomic E-state index is 11.6. The van der Waals surface area contributed by atoms with E-state index in [0.717, 1.165) is 23.1 Å². The minimum Gasteiger partial charge on any atom is -0.496 e. The first-order valence-corrected chi connectivity index (χ1v) is 6.39. The van der Waals surface area contributed by atoms with Gasteiger partial charge in [0.05, 0.1) is 17.5 Å². The monoisotopic (exact) mass is 268 g/mol. The molecule has 4 heteroatoms. The number of aliphatic carboxylic acids is 1. The minimum absolute atomic E-state index is 0.618. The van der Waals surface area contributed by atoms with Gasteiger partial charge in [-0.3, -0.25) is 4.79 Å². The summed E-state index contributed by atoms with van der Waals surface area (Å²) in [6.45, 7) is 3.76. The lowest BCUT2D eigenvalue weighted by Crippen LogP contribution is -2.42. The van der Waals surface area contributed by atoms with Crippen molar-refractivity contribution in [2.45, 2.75) is 38.5 Å². The number of carboxylic acids is 1. The Morgan fingerprint density at radius 3 is 2.44 bits per heavy atom. The van der Waals surface area contributed by atoms with Gasteiger partial charge >= 0.3 is 5.97 Å². The minimum atomic E-state index is -0.786. The Morgan fingerprint density at radius 1 is 1.44 bits per heavy atom. The van der Waals surface area contributed by atoms with E-state index in [9.17, 15) is 9.90 Å². The smallest absolute Gasteiger partial charge is 0.314 e. The molecule has 0 atom stereocenters. The highest BCUT2D eigenvalue weighted by Gasteiger charge is 2.48. The van der Waals surface area contributed by atoms with Gasteiger partial charge in [-0.25, -0.2) is 0 Å². The van der Waals surface area contributed by atoms with Gasteiger partial charge in [-0.05, 0) is 38.3 Å². The Balaban J connectivity index is 2.67. The summed E-state index contributed by atoms with van der Waals surface area (Å²) in [6.07, 6.45) is 2.27. The third kappa shape index (κ3) is 1.69. The summed E-state index contributed by atoms with van der Waals surface area (Å²) in [4.78, 5) is 11.6. The molecule has 0 spiro atoms. The molecule has 0 aromatic heterocycles. The zero-order chi connectivity index (χ0) is 13.5. The van der Waals surface area contributed by atoms with Crippen LogP contribution in [0.3, 0.4) is 0 Å². The van der Waals surface area contributed by atoms with Crippen LogP contribution in [0.1, 0.15) is 36.0 Å². The molecule has 1 saturated carbocycles. The fourth-order valence-electron chi connectivity index (χ4n) is 2.69. The van der Waals surface area contributed by atoms with Crippen LogP contribution in [0.25, 0.3) is 0 Å². The summed E-state index contributed by atoms with van der Waals surface area (Å²) in [6, 6.07) is 1.86. The Kier molecular flexibility index (Phi) is 3.28. The van der Waals surface area contributed by atoms with Crippen LogP contribution in [0, 0.1) is 13.8 Å². The lowest BCUT2D eigenvalue weighted by atomic mass is 9.63. The van der Waals surface area contributed by atoms with Crippen molar-refractivity contribution in [3.05, 3.63) is 27.8 Å². The highest BCUT2D eigenvalue weighted by molar-refractivity contribution is 6.32. The SMILES string of the molecule is COc1c(C2(C(=O)O)CCC2)cc(C)c(Cl)c1C. The summed E-state index contributed by atoms with van der Waals surface area (Å²) in [5, 5.41) is 10.2. The summed E-state index contributed by atoms with van der Waals surface area (Å²) in [5.41, 5.74) is 1.70. The molecule has 0 heterocycles. The summed E-state index contributed by atoms with van der Waals surface area (Å²) >= 11 is 6.20. The van der Waals surface area contributed by atoms with Crippen LogP contribution >= 0.6 is 11.6 Å². The number of halogens is 1. The van der Waals surface area contributed by atoms with Crippen LogP contribution in [0.2, 0.25) is 5.02 Å². The van der Waals surface area contributed by atoms with Crippen molar-refractivity contribution < 1.29 is 14.6 Å². The highest BCUT2D eigenvalue weighted by Crippen LogP contribution is 2.49. The molecule has 1 aliphatic rings. The van der Waals surface area contributed by atoms with Crippen molar-refractivity contribution in [3.63, 3.8) is 0 Å². The van der Waals surface area contributed by atoms with E-state index in [0.29, 0.717) is 23.6 Å². The zero-order valence-electron chi connectivity index (χ0n) is 10.8. The third-order valence-electron chi connectivity index (χ3n) is 3.96. The standard InChI is InChI=1S/C14H17ClO3/c1-8-7-10(12(18-3)9(2)11(8)15)14(13(16)17)5-4-6-14/h7H,4-6H2,1-3H3,(H,16,17). The van der Waals surface area contributed by atoms with Gasteiger partial charge in [-0.15, -0.1) is 0 Å². The molecule has 1 aliphatic carbocycles. The van der Waals surface area contributed by atoms with Crippen molar-refractivity contribution in [2.75, 3.05) is 7.11 Å². The molecule has 0 bridgehead atoms. The van der Waals surface area contributed by atoms with Crippen LogP contribution in [-0.2, 0) is 10.2 Å². The predicted octanol–water partition coefficient (Wildman–Crippen LogP) is 3.47. The second-order valence-electron chi connectivity index (χ2n) is 4.95. The second-order valence-corrected chi connectivity index (χ2v) is 5.33. The van der Waals surface area contributed by atoms with Crippen molar-refractivity contribution in [1.29, 1.82) is 0 Å². The van der Waals surface area contributed by atoms with E-state index in [2.05, 4.69) is 0 Å². The van der Waals surface area contributed by atoms with Crippen molar-refractivity contribution in [2.24, 2.45) is 0 Å². The fourth-order valence-corrected chi connectivity index (χ4v) is 2.83. The van der Waals surface area contributed by atoms with Gasteiger partial charge < -0.3 is 9.84 Å². The molecule has 0 unspecified atom stereocenters. The molecule has 0 aliphatic heterocycles. The number of carboxylic acid groups (broad SMARTS) is 1. The summed E-state index contributed by atoms with van der Waals surface area (Å²) in [7, 11) is 1.56. The van der Waals surface area contributed by atoms with Crippen LogP contribution in [0.5, 0.6) is 5.75 Å². The molecule has 1 N–H and O–H groups in total. The van der Waals surface area contributed by atoms with E-state index in [-0.39, 0.29) is 0 Å². The van der Waals surface area contributed by atoms with Crippen molar-refractivity contribution >= 4 is 17.6 Å². The van der Waals surface area contributed by atoms with Crippen LogP contribution < -0.4 is 4.74 Å². The maximum Gasteiger partial charge on any atom is 0.314 e. The number of hydrogen-bond donors (Lipinski definition) is 1. The Hall–Kier alpha value is -1.22. The fraction of sp³-hybridized carbons (Fsp3) is 0.500. The first kappa shape index (κ1) is 13.2. The molecule has 0 saturated heterocycles. The second kappa shape index (κ2) is 4.47. The van der Waals surface area contributed by atoms with Crippen LogP contribution in [0.15, 0.2) is 6.07 Å². The number of aryl methyl sites for hydroxylation is 1. The molecule has 98 valence electrons. The van der Waals surface area contributed by atoms with E-state index in [1.54, 1.807) is 7.11 Å². The Labute approximate surface area is 112 Å². The number of hydrogen-bond acceptors (Lipinski definition) is 2. The molecule has 0 radical (unpaired) electrons. The van der Waals surface area contributed by atoms with Gasteiger partial charge in [-0.1, -0.05) is 18.0 Å². The van der Waals surface area contributed by atoms with Gasteiger partial charge in [0.2, 0.25) is 0 Å². The number of carbonyl (C=O) groups is 1. The average Bonchev–Trinajstić information content (AvgIpc) is 2.24. The first-order valence-electron chi connectivity index (χ1n) is 6.01. The number of benzene rings is 1. The lowest BCUT2D eigenvalue weighted by Gasteiger charge is -2.39. The van der Waals surface area contributed by atoms with Gasteiger partial charge in [0.25, 0.3) is 0 Å². The summed E-state index contributed by atoms with van der Waals surface area (Å²) < 4.78 is 5.40. The molecule has 18 heavy (non-hydrogen) atoms. The molecular weight excluding hydrogens is 252 g/mol. The number of ether oxygens (including phenoxy) is 1. The molecule has 3 nitrogen and oxygen atoms in total. The lowest BCUT2D eigenvalue weighted by molar-refractivity contribution is -0.147. The topological polar surface area (TPSA) is 46.5 Å². The largest absolute Gasteiger partial charge is 0.496 e. The van der Waals surface area contributed by atoms with Crippen molar-refractivity contribution in [3.8, 4) is 5.75 Å².